The molecule has 1 aromatic carbocycles. The Morgan fingerprint density at radius 3 is 2.38 bits per heavy atom. The molecule has 1 fully saturated rings. The van der Waals surface area contributed by atoms with Crippen molar-refractivity contribution < 1.29 is 18.7 Å². The number of amides is 1. The third-order valence-electron chi connectivity index (χ3n) is 3.68. The van der Waals surface area contributed by atoms with Crippen molar-refractivity contribution in [1.29, 1.82) is 0 Å². The molecule has 124 valence electrons. The number of carbonyl (C=O) groups is 1. The van der Waals surface area contributed by atoms with Crippen molar-refractivity contribution in [2.24, 2.45) is 0 Å². The number of likely N-dealkylation sites (N-methyl/N-ethyl adjacent to an activating group) is 1. The van der Waals surface area contributed by atoms with Gasteiger partial charge in [0.2, 0.25) is 0 Å². The first-order valence-corrected chi connectivity index (χ1v) is 7.56. The fourth-order valence-electron chi connectivity index (χ4n) is 2.41. The summed E-state index contributed by atoms with van der Waals surface area (Å²) in [5.41, 5.74) is 1.01. The van der Waals surface area contributed by atoms with Crippen LogP contribution in [0.3, 0.4) is 0 Å². The van der Waals surface area contributed by atoms with E-state index >= 15 is 0 Å². The van der Waals surface area contributed by atoms with Crippen molar-refractivity contribution in [1.82, 2.24) is 4.90 Å². The lowest BCUT2D eigenvalue weighted by Crippen LogP contribution is -2.31. The van der Waals surface area contributed by atoms with Crippen molar-refractivity contribution in [2.45, 2.75) is 0 Å². The molecule has 1 aromatic heterocycles. The second kappa shape index (κ2) is 6.37. The molecule has 0 spiro atoms. The molecule has 2 aromatic rings. The summed E-state index contributed by atoms with van der Waals surface area (Å²) in [6, 6.07) is 8.73. The SMILES string of the molecule is COc1cc(OC)cc(N2C(=O)C(=Cc3ccco3)N(C)C2=S)c1. The summed E-state index contributed by atoms with van der Waals surface area (Å²) < 4.78 is 15.8. The van der Waals surface area contributed by atoms with Crippen LogP contribution in [0.4, 0.5) is 5.69 Å². The second-order valence-corrected chi connectivity index (χ2v) is 5.46. The van der Waals surface area contributed by atoms with E-state index in [1.165, 1.54) is 4.90 Å². The molecule has 0 aliphatic carbocycles. The largest absolute Gasteiger partial charge is 0.497 e. The zero-order valence-corrected chi connectivity index (χ0v) is 14.3. The predicted octanol–water partition coefficient (Wildman–Crippen LogP) is 2.90. The third kappa shape index (κ3) is 2.74. The van der Waals surface area contributed by atoms with E-state index in [1.54, 1.807) is 68.8 Å². The third-order valence-corrected chi connectivity index (χ3v) is 4.13. The molecule has 0 radical (unpaired) electrons. The molecule has 0 N–H and O–H groups in total. The van der Waals surface area contributed by atoms with Crippen molar-refractivity contribution in [3.05, 3.63) is 48.1 Å². The van der Waals surface area contributed by atoms with E-state index in [1.807, 2.05) is 0 Å². The highest BCUT2D eigenvalue weighted by molar-refractivity contribution is 7.80. The van der Waals surface area contributed by atoms with E-state index < -0.39 is 0 Å². The molecule has 1 aliphatic heterocycles. The predicted molar refractivity (Wildman–Crippen MR) is 94.1 cm³/mol. The molecule has 7 heteroatoms. The molecule has 1 amide bonds. The van der Waals surface area contributed by atoms with Crippen LogP contribution in [-0.4, -0.2) is 37.2 Å². The quantitative estimate of drug-likeness (QED) is 0.628. The number of hydrogen-bond donors (Lipinski definition) is 0. The summed E-state index contributed by atoms with van der Waals surface area (Å²) in [4.78, 5) is 15.9. The van der Waals surface area contributed by atoms with Crippen LogP contribution in [0, 0.1) is 0 Å². The fourth-order valence-corrected chi connectivity index (χ4v) is 2.70. The van der Waals surface area contributed by atoms with Crippen LogP contribution in [0.5, 0.6) is 11.5 Å². The number of carbonyl (C=O) groups excluding carboxylic acids is 1. The second-order valence-electron chi connectivity index (χ2n) is 5.10. The van der Waals surface area contributed by atoms with Gasteiger partial charge in [-0.25, -0.2) is 0 Å². The van der Waals surface area contributed by atoms with Crippen molar-refractivity contribution in [3.8, 4) is 11.5 Å². The standard InChI is InChI=1S/C17H16N2O4S/c1-18-15(10-12-5-4-6-23-12)16(20)19(17(18)24)11-7-13(21-2)9-14(8-11)22-3/h4-10H,1-3H3. The van der Waals surface area contributed by atoms with Gasteiger partial charge in [0.15, 0.2) is 5.11 Å². The molecule has 0 saturated carbocycles. The van der Waals surface area contributed by atoms with Gasteiger partial charge in [0, 0.05) is 31.3 Å². The van der Waals surface area contributed by atoms with E-state index in [4.69, 9.17) is 26.1 Å². The molecule has 24 heavy (non-hydrogen) atoms. The van der Waals surface area contributed by atoms with Crippen molar-refractivity contribution >= 4 is 35.0 Å². The lowest BCUT2D eigenvalue weighted by Gasteiger charge is -2.18. The van der Waals surface area contributed by atoms with E-state index in [2.05, 4.69) is 0 Å². The summed E-state index contributed by atoms with van der Waals surface area (Å²) >= 11 is 5.43. The van der Waals surface area contributed by atoms with Gasteiger partial charge in [0.05, 0.1) is 26.2 Å². The van der Waals surface area contributed by atoms with Crippen LogP contribution in [0.25, 0.3) is 6.08 Å². The van der Waals surface area contributed by atoms with E-state index in [0.29, 0.717) is 33.8 Å². The molecule has 6 nitrogen and oxygen atoms in total. The highest BCUT2D eigenvalue weighted by Gasteiger charge is 2.37. The number of nitrogens with zero attached hydrogens (tertiary/aromatic N) is 2. The minimum atomic E-state index is -0.241. The number of ether oxygens (including phenoxy) is 2. The number of hydrogen-bond acceptors (Lipinski definition) is 5. The molecule has 3 rings (SSSR count). The fraction of sp³-hybridized carbons (Fsp3) is 0.176. The van der Waals surface area contributed by atoms with Gasteiger partial charge in [0.1, 0.15) is 23.0 Å². The Balaban J connectivity index is 2.03. The maximum atomic E-state index is 12.9. The lowest BCUT2D eigenvalue weighted by molar-refractivity contribution is -0.114. The van der Waals surface area contributed by atoms with Crippen LogP contribution in [0.1, 0.15) is 5.76 Å². The minimum Gasteiger partial charge on any atom is -0.497 e. The maximum Gasteiger partial charge on any atom is 0.281 e. The Morgan fingerprint density at radius 2 is 1.83 bits per heavy atom. The zero-order valence-electron chi connectivity index (χ0n) is 13.5. The molecule has 0 atom stereocenters. The Labute approximate surface area is 144 Å². The van der Waals surface area contributed by atoms with Gasteiger partial charge in [-0.2, -0.15) is 0 Å². The first kappa shape index (κ1) is 16.1. The number of rotatable bonds is 4. The highest BCUT2D eigenvalue weighted by atomic mass is 32.1. The first-order valence-electron chi connectivity index (χ1n) is 7.15. The van der Waals surface area contributed by atoms with Crippen molar-refractivity contribution in [3.63, 3.8) is 0 Å². The highest BCUT2D eigenvalue weighted by Crippen LogP contribution is 2.33. The minimum absolute atomic E-state index is 0.241. The van der Waals surface area contributed by atoms with Crippen LogP contribution >= 0.6 is 12.2 Å². The number of benzene rings is 1. The number of anilines is 1. The molecular weight excluding hydrogens is 328 g/mol. The van der Waals surface area contributed by atoms with Gasteiger partial charge in [-0.05, 0) is 24.4 Å². The van der Waals surface area contributed by atoms with Gasteiger partial charge in [-0.3, -0.25) is 9.69 Å². The van der Waals surface area contributed by atoms with Gasteiger partial charge in [-0.15, -0.1) is 0 Å². The van der Waals surface area contributed by atoms with E-state index in [0.717, 1.165) is 0 Å². The Bertz CT molecular complexity index is 792. The Hall–Kier alpha value is -2.80. The Morgan fingerprint density at radius 1 is 1.17 bits per heavy atom. The molecule has 2 heterocycles. The van der Waals surface area contributed by atoms with Gasteiger partial charge >= 0.3 is 0 Å². The lowest BCUT2D eigenvalue weighted by atomic mass is 10.2. The zero-order chi connectivity index (χ0) is 17.3. The number of thiocarbonyl (C=S) groups is 1. The van der Waals surface area contributed by atoms with E-state index in [-0.39, 0.29) is 5.91 Å². The summed E-state index contributed by atoms with van der Waals surface area (Å²) in [6.07, 6.45) is 3.21. The summed E-state index contributed by atoms with van der Waals surface area (Å²) in [7, 11) is 4.85. The molecule has 0 unspecified atom stereocenters. The molecular formula is C17H16N2O4S. The van der Waals surface area contributed by atoms with Crippen LogP contribution < -0.4 is 14.4 Å². The Kier molecular flexibility index (Phi) is 4.26. The molecule has 0 bridgehead atoms. The van der Waals surface area contributed by atoms with Gasteiger partial charge in [0.25, 0.3) is 5.91 Å². The van der Waals surface area contributed by atoms with E-state index in [9.17, 15) is 4.79 Å². The van der Waals surface area contributed by atoms with Crippen LogP contribution in [0.2, 0.25) is 0 Å². The topological polar surface area (TPSA) is 55.2 Å². The maximum absolute atomic E-state index is 12.9. The van der Waals surface area contributed by atoms with Gasteiger partial charge < -0.3 is 18.8 Å². The van der Waals surface area contributed by atoms with Crippen LogP contribution in [-0.2, 0) is 4.79 Å². The first-order chi connectivity index (χ1) is 11.5. The summed E-state index contributed by atoms with van der Waals surface area (Å²) in [5, 5.41) is 0.369. The summed E-state index contributed by atoms with van der Waals surface area (Å²) in [6.45, 7) is 0. The molecule has 1 saturated heterocycles. The monoisotopic (exact) mass is 344 g/mol. The smallest absolute Gasteiger partial charge is 0.281 e. The number of methoxy groups -OCH3 is 2. The number of furan rings is 1. The van der Waals surface area contributed by atoms with Crippen LogP contribution in [0.15, 0.2) is 46.7 Å². The average Bonchev–Trinajstić information content (AvgIpc) is 3.18. The van der Waals surface area contributed by atoms with Gasteiger partial charge in [-0.1, -0.05) is 0 Å². The average molecular weight is 344 g/mol. The molecule has 1 aliphatic rings. The van der Waals surface area contributed by atoms with Crippen molar-refractivity contribution in [2.75, 3.05) is 26.2 Å². The normalized spacial score (nSPS) is 16.2. The summed E-state index contributed by atoms with van der Waals surface area (Å²) in [5.74, 6) is 1.49.